The van der Waals surface area contributed by atoms with Crippen LogP contribution in [-0.4, -0.2) is 45.5 Å². The Kier molecular flexibility index (Phi) is 6.37. The average Bonchev–Trinajstić information content (AvgIpc) is 3.33. The summed E-state index contributed by atoms with van der Waals surface area (Å²) in [5.41, 5.74) is 3.82. The van der Waals surface area contributed by atoms with Crippen LogP contribution in [0.2, 0.25) is 0 Å². The number of nitrogens with one attached hydrogen (secondary N) is 2. The number of hydrogen-bond donors (Lipinski definition) is 3. The van der Waals surface area contributed by atoms with Crippen molar-refractivity contribution in [3.63, 3.8) is 0 Å². The number of rotatable bonds is 7. The summed E-state index contributed by atoms with van der Waals surface area (Å²) < 4.78 is 16.6. The van der Waals surface area contributed by atoms with Crippen LogP contribution in [0, 0.1) is 17.2 Å². The maximum Gasteiger partial charge on any atom is 0.306 e. The van der Waals surface area contributed by atoms with Gasteiger partial charge in [0.2, 0.25) is 0 Å². The van der Waals surface area contributed by atoms with E-state index in [4.69, 9.17) is 5.11 Å². The van der Waals surface area contributed by atoms with Gasteiger partial charge in [0, 0.05) is 36.8 Å². The molecule has 8 nitrogen and oxygen atoms in total. The van der Waals surface area contributed by atoms with E-state index in [0.717, 1.165) is 24.0 Å². The third-order valence-corrected chi connectivity index (χ3v) is 8.33. The fourth-order valence-corrected chi connectivity index (χ4v) is 6.28. The number of aromatic nitrogens is 2. The molecule has 2 aromatic carbocycles. The summed E-state index contributed by atoms with van der Waals surface area (Å²) in [6.45, 7) is 0.433. The monoisotopic (exact) mass is 540 g/mol. The van der Waals surface area contributed by atoms with Gasteiger partial charge in [-0.2, -0.15) is 0 Å². The lowest BCUT2D eigenvalue weighted by Crippen LogP contribution is -2.57. The molecule has 0 bridgehead atoms. The third-order valence-electron chi connectivity index (χ3n) is 8.33. The Labute approximate surface area is 230 Å². The second-order valence-electron chi connectivity index (χ2n) is 11.0. The lowest BCUT2D eigenvalue weighted by Gasteiger charge is -2.56. The van der Waals surface area contributed by atoms with E-state index in [2.05, 4.69) is 15.6 Å². The van der Waals surface area contributed by atoms with Gasteiger partial charge < -0.3 is 20.3 Å². The molecule has 204 valence electrons. The smallest absolute Gasteiger partial charge is 0.306 e. The Morgan fingerprint density at radius 3 is 2.45 bits per heavy atom. The molecule has 9 heteroatoms. The van der Waals surface area contributed by atoms with E-state index in [0.29, 0.717) is 47.2 Å². The van der Waals surface area contributed by atoms with Gasteiger partial charge in [0.25, 0.3) is 11.8 Å². The van der Waals surface area contributed by atoms with Crippen LogP contribution < -0.4 is 10.6 Å². The zero-order chi connectivity index (χ0) is 28.0. The highest BCUT2D eigenvalue weighted by atomic mass is 19.1. The molecule has 0 atom stereocenters. The molecule has 6 rings (SSSR count). The lowest BCUT2D eigenvalue weighted by molar-refractivity contribution is -0.155. The van der Waals surface area contributed by atoms with Crippen LogP contribution in [-0.2, 0) is 11.3 Å². The quantitative estimate of drug-likeness (QED) is 0.317. The zero-order valence-electron chi connectivity index (χ0n) is 22.0. The molecule has 2 fully saturated rings. The summed E-state index contributed by atoms with van der Waals surface area (Å²) in [7, 11) is 1.56. The van der Waals surface area contributed by atoms with Crippen molar-refractivity contribution in [2.24, 2.45) is 11.3 Å². The van der Waals surface area contributed by atoms with Crippen molar-refractivity contribution in [3.05, 3.63) is 89.5 Å². The highest BCUT2D eigenvalue weighted by Crippen LogP contribution is 2.58. The largest absolute Gasteiger partial charge is 0.481 e. The van der Waals surface area contributed by atoms with Gasteiger partial charge in [0.15, 0.2) is 0 Å². The number of carbonyl (C=O) groups is 3. The van der Waals surface area contributed by atoms with Crippen molar-refractivity contribution in [1.29, 1.82) is 0 Å². The van der Waals surface area contributed by atoms with E-state index in [-0.39, 0.29) is 35.0 Å². The first kappa shape index (κ1) is 25.7. The van der Waals surface area contributed by atoms with E-state index in [1.807, 2.05) is 34.9 Å². The molecule has 40 heavy (non-hydrogen) atoms. The second-order valence-corrected chi connectivity index (χ2v) is 11.0. The summed E-state index contributed by atoms with van der Waals surface area (Å²) in [4.78, 5) is 40.8. The fraction of sp³-hybridized carbons (Fsp3) is 0.290. The van der Waals surface area contributed by atoms with Crippen LogP contribution >= 0.6 is 0 Å². The topological polar surface area (TPSA) is 113 Å². The SMILES string of the molecule is CNC(=O)c1cccc(-c2ccc(Cn3ccc4c(F)ccc(C(=O)NC5CC6(C5)CC(C(=O)O)C6)c43)cc2)n1. The molecular formula is C31H29FN4O4. The molecule has 2 aliphatic rings. The van der Waals surface area contributed by atoms with Crippen molar-refractivity contribution >= 4 is 28.7 Å². The predicted molar refractivity (Wildman–Crippen MR) is 147 cm³/mol. The Morgan fingerprint density at radius 1 is 1.00 bits per heavy atom. The molecular weight excluding hydrogens is 511 g/mol. The Balaban J connectivity index is 1.18. The number of amides is 2. The highest BCUT2D eigenvalue weighted by Gasteiger charge is 2.55. The van der Waals surface area contributed by atoms with E-state index >= 15 is 0 Å². The number of carboxylic acids is 1. The van der Waals surface area contributed by atoms with Gasteiger partial charge in [-0.3, -0.25) is 14.4 Å². The van der Waals surface area contributed by atoms with Crippen LogP contribution in [0.1, 0.15) is 52.1 Å². The first-order valence-corrected chi connectivity index (χ1v) is 13.3. The van der Waals surface area contributed by atoms with Gasteiger partial charge in [-0.15, -0.1) is 0 Å². The Morgan fingerprint density at radius 2 is 1.75 bits per heavy atom. The van der Waals surface area contributed by atoms with E-state index in [1.54, 1.807) is 31.4 Å². The molecule has 4 aromatic rings. The number of nitrogens with zero attached hydrogens (tertiary/aromatic N) is 2. The second kappa shape index (κ2) is 9.89. The minimum Gasteiger partial charge on any atom is -0.481 e. The molecule has 0 aliphatic heterocycles. The van der Waals surface area contributed by atoms with E-state index in [9.17, 15) is 18.8 Å². The molecule has 2 aromatic heterocycles. The molecule has 0 saturated heterocycles. The molecule has 2 heterocycles. The Hall–Kier alpha value is -4.53. The number of benzene rings is 2. The van der Waals surface area contributed by atoms with Gasteiger partial charge in [-0.05, 0) is 67.0 Å². The molecule has 2 amide bonds. The van der Waals surface area contributed by atoms with Gasteiger partial charge in [0.1, 0.15) is 11.5 Å². The van der Waals surface area contributed by atoms with Crippen LogP contribution in [0.15, 0.2) is 66.9 Å². The number of hydrogen-bond acceptors (Lipinski definition) is 4. The zero-order valence-corrected chi connectivity index (χ0v) is 22.0. The molecule has 0 radical (unpaired) electrons. The van der Waals surface area contributed by atoms with Gasteiger partial charge in [-0.25, -0.2) is 9.37 Å². The number of fused-ring (bicyclic) bond motifs is 1. The normalized spacial score (nSPS) is 21.4. The van der Waals surface area contributed by atoms with Gasteiger partial charge in [0.05, 0.1) is 22.7 Å². The van der Waals surface area contributed by atoms with Crippen molar-refractivity contribution in [3.8, 4) is 11.3 Å². The predicted octanol–water partition coefficient (Wildman–Crippen LogP) is 4.62. The minimum atomic E-state index is -0.742. The lowest BCUT2D eigenvalue weighted by atomic mass is 9.50. The number of halogens is 1. The number of carboxylic acid groups (broad SMARTS) is 1. The molecule has 2 saturated carbocycles. The van der Waals surface area contributed by atoms with Crippen LogP contribution in [0.25, 0.3) is 22.2 Å². The first-order chi connectivity index (χ1) is 19.2. The van der Waals surface area contributed by atoms with Crippen molar-refractivity contribution in [2.75, 3.05) is 7.05 Å². The van der Waals surface area contributed by atoms with E-state index < -0.39 is 5.97 Å². The van der Waals surface area contributed by atoms with Gasteiger partial charge in [-0.1, -0.05) is 30.3 Å². The maximum atomic E-state index is 14.7. The van der Waals surface area contributed by atoms with Crippen LogP contribution in [0.3, 0.4) is 0 Å². The molecule has 3 N–H and O–H groups in total. The maximum absolute atomic E-state index is 14.7. The summed E-state index contributed by atoms with van der Waals surface area (Å²) in [6, 6.07) is 17.6. The summed E-state index contributed by atoms with van der Waals surface area (Å²) in [5.74, 6) is -1.91. The number of carbonyl (C=O) groups excluding carboxylic acids is 2. The van der Waals surface area contributed by atoms with Crippen LogP contribution in [0.4, 0.5) is 4.39 Å². The third kappa shape index (κ3) is 4.61. The van der Waals surface area contributed by atoms with Crippen molar-refractivity contribution in [2.45, 2.75) is 38.3 Å². The van der Waals surface area contributed by atoms with Gasteiger partial charge >= 0.3 is 5.97 Å². The van der Waals surface area contributed by atoms with Crippen molar-refractivity contribution < 1.29 is 23.9 Å². The summed E-state index contributed by atoms with van der Waals surface area (Å²) in [6.07, 6.45) is 4.69. The fourth-order valence-electron chi connectivity index (χ4n) is 6.28. The first-order valence-electron chi connectivity index (χ1n) is 13.3. The summed E-state index contributed by atoms with van der Waals surface area (Å²) in [5, 5.41) is 15.2. The van der Waals surface area contributed by atoms with E-state index in [1.165, 1.54) is 12.1 Å². The van der Waals surface area contributed by atoms with Crippen LogP contribution in [0.5, 0.6) is 0 Å². The molecule has 0 unspecified atom stereocenters. The standard InChI is InChI=1S/C31H29FN4O4/c1-33-29(38)26-4-2-3-25(35-26)19-7-5-18(6-8-19)17-36-12-11-22-24(32)10-9-23(27(22)36)28(37)34-21-15-31(16-21)13-20(14-31)30(39)40/h2-12,20-21H,13-17H2,1H3,(H,33,38)(H,34,37)(H,39,40). The van der Waals surface area contributed by atoms with Crippen molar-refractivity contribution in [1.82, 2.24) is 20.2 Å². The number of pyridine rings is 1. The number of aliphatic carboxylic acids is 1. The minimum absolute atomic E-state index is 0.00572. The molecule has 2 aliphatic carbocycles. The molecule has 1 spiro atoms. The summed E-state index contributed by atoms with van der Waals surface area (Å²) >= 11 is 0. The highest BCUT2D eigenvalue weighted by molar-refractivity contribution is 6.06. The Bertz CT molecular complexity index is 1630. The average molecular weight is 541 g/mol.